The number of anilines is 1. The minimum Gasteiger partial charge on any atom is -0.391 e. The Labute approximate surface area is 109 Å². The lowest BCUT2D eigenvalue weighted by Crippen LogP contribution is -2.14. The molecule has 0 saturated heterocycles. The molecule has 0 atom stereocenters. The van der Waals surface area contributed by atoms with Gasteiger partial charge >= 0.3 is 0 Å². The van der Waals surface area contributed by atoms with Gasteiger partial charge in [0, 0.05) is 6.20 Å². The Hall–Kier alpha value is -1.44. The van der Waals surface area contributed by atoms with Crippen LogP contribution in [0.5, 0.6) is 0 Å². The summed E-state index contributed by atoms with van der Waals surface area (Å²) in [7, 11) is -3.67. The molecule has 0 saturated carbocycles. The average Bonchev–Trinajstić information content (AvgIpc) is 2.81. The topological polar surface area (TPSA) is 79.3 Å². The van der Waals surface area contributed by atoms with Gasteiger partial charge in [-0.1, -0.05) is 0 Å². The summed E-state index contributed by atoms with van der Waals surface area (Å²) in [5, 5.41) is 10.7. The van der Waals surface area contributed by atoms with Gasteiger partial charge in [-0.25, -0.2) is 8.42 Å². The Kier molecular flexibility index (Phi) is 3.65. The normalized spacial score (nSPS) is 11.4. The molecule has 0 aliphatic carbocycles. The fourth-order valence-electron chi connectivity index (χ4n) is 1.48. The first-order valence-electron chi connectivity index (χ1n) is 5.16. The smallest absolute Gasteiger partial charge is 0.263 e. The first kappa shape index (κ1) is 13.0. The minimum absolute atomic E-state index is 0.109. The molecule has 0 aliphatic heterocycles. The fourth-order valence-corrected chi connectivity index (χ4v) is 3.89. The van der Waals surface area contributed by atoms with Gasteiger partial charge in [0.2, 0.25) is 0 Å². The zero-order valence-electron chi connectivity index (χ0n) is 9.62. The predicted octanol–water partition coefficient (Wildman–Crippen LogP) is 1.74. The van der Waals surface area contributed by atoms with Crippen LogP contribution in [0.4, 0.5) is 5.69 Å². The number of hydrogen-bond donors (Lipinski definition) is 2. The average molecular weight is 284 g/mol. The zero-order chi connectivity index (χ0) is 13.2. The number of hydrogen-bond acceptors (Lipinski definition) is 5. The second-order valence-corrected chi connectivity index (χ2v) is 6.26. The summed E-state index contributed by atoms with van der Waals surface area (Å²) in [6.07, 6.45) is 1.59. The molecule has 0 aromatic carbocycles. The van der Waals surface area contributed by atoms with Crippen molar-refractivity contribution in [2.75, 3.05) is 4.72 Å². The SMILES string of the molecule is Cc1ncccc1NS(=O)(=O)c1ccsc1CO. The van der Waals surface area contributed by atoms with Crippen LogP contribution < -0.4 is 4.72 Å². The highest BCUT2D eigenvalue weighted by Gasteiger charge is 2.20. The van der Waals surface area contributed by atoms with E-state index in [9.17, 15) is 8.42 Å². The molecule has 0 bridgehead atoms. The van der Waals surface area contributed by atoms with Gasteiger partial charge in [0.15, 0.2) is 0 Å². The van der Waals surface area contributed by atoms with Crippen LogP contribution in [0.15, 0.2) is 34.7 Å². The van der Waals surface area contributed by atoms with Crippen molar-refractivity contribution >= 4 is 27.0 Å². The van der Waals surface area contributed by atoms with E-state index >= 15 is 0 Å². The van der Waals surface area contributed by atoms with Gasteiger partial charge in [-0.05, 0) is 30.5 Å². The summed E-state index contributed by atoms with van der Waals surface area (Å²) in [6.45, 7) is 1.43. The number of nitrogens with one attached hydrogen (secondary N) is 1. The number of aliphatic hydroxyl groups is 1. The number of nitrogens with zero attached hydrogens (tertiary/aromatic N) is 1. The molecule has 0 amide bonds. The van der Waals surface area contributed by atoms with Crippen LogP contribution in [-0.4, -0.2) is 18.5 Å². The molecule has 0 radical (unpaired) electrons. The van der Waals surface area contributed by atoms with Crippen molar-refractivity contribution in [1.82, 2.24) is 4.98 Å². The highest BCUT2D eigenvalue weighted by atomic mass is 32.2. The number of aryl methyl sites for hydroxylation is 1. The van der Waals surface area contributed by atoms with E-state index in [0.717, 1.165) is 0 Å². The fraction of sp³-hybridized carbons (Fsp3) is 0.182. The maximum atomic E-state index is 12.2. The summed E-state index contributed by atoms with van der Waals surface area (Å²) >= 11 is 1.21. The molecule has 5 nitrogen and oxygen atoms in total. The van der Waals surface area contributed by atoms with E-state index in [1.54, 1.807) is 30.6 Å². The van der Waals surface area contributed by atoms with Gasteiger partial charge in [0.1, 0.15) is 4.90 Å². The quantitative estimate of drug-likeness (QED) is 0.896. The summed E-state index contributed by atoms with van der Waals surface area (Å²) in [6, 6.07) is 4.78. The van der Waals surface area contributed by atoms with E-state index in [1.165, 1.54) is 17.4 Å². The van der Waals surface area contributed by atoms with E-state index in [2.05, 4.69) is 9.71 Å². The number of aromatic nitrogens is 1. The number of pyridine rings is 1. The molecule has 2 heterocycles. The third-order valence-electron chi connectivity index (χ3n) is 2.39. The first-order chi connectivity index (χ1) is 8.54. The Morgan fingerprint density at radius 1 is 1.44 bits per heavy atom. The molecule has 2 N–H and O–H groups in total. The Morgan fingerprint density at radius 2 is 2.22 bits per heavy atom. The highest BCUT2D eigenvalue weighted by Crippen LogP contribution is 2.24. The van der Waals surface area contributed by atoms with Crippen LogP contribution >= 0.6 is 11.3 Å². The van der Waals surface area contributed by atoms with Crippen molar-refractivity contribution in [3.8, 4) is 0 Å². The number of aliphatic hydroxyl groups excluding tert-OH is 1. The van der Waals surface area contributed by atoms with Crippen molar-refractivity contribution in [3.63, 3.8) is 0 Å². The molecule has 96 valence electrons. The number of rotatable bonds is 4. The summed E-state index contributed by atoms with van der Waals surface area (Å²) in [4.78, 5) is 4.54. The van der Waals surface area contributed by atoms with Crippen molar-refractivity contribution in [2.24, 2.45) is 0 Å². The first-order valence-corrected chi connectivity index (χ1v) is 7.52. The molecule has 0 unspecified atom stereocenters. The Morgan fingerprint density at radius 3 is 2.89 bits per heavy atom. The van der Waals surface area contributed by atoms with Crippen LogP contribution in [-0.2, 0) is 16.6 Å². The zero-order valence-corrected chi connectivity index (χ0v) is 11.3. The largest absolute Gasteiger partial charge is 0.391 e. The van der Waals surface area contributed by atoms with Crippen molar-refractivity contribution in [2.45, 2.75) is 18.4 Å². The van der Waals surface area contributed by atoms with Gasteiger partial charge in [-0.3, -0.25) is 9.71 Å². The molecule has 2 aromatic heterocycles. The Bertz CT molecular complexity index is 650. The lowest BCUT2D eigenvalue weighted by atomic mass is 10.3. The standard InChI is InChI=1S/C11H12N2O3S2/c1-8-9(3-2-5-12-8)13-18(15,16)11-4-6-17-10(11)7-14/h2-6,13-14H,7H2,1H3. The molecule has 0 fully saturated rings. The molecule has 2 aromatic rings. The summed E-state index contributed by atoms with van der Waals surface area (Å²) in [5.41, 5.74) is 1.04. The van der Waals surface area contributed by atoms with Gasteiger partial charge in [-0.15, -0.1) is 11.3 Å². The molecule has 7 heteroatoms. The number of sulfonamides is 1. The predicted molar refractivity (Wildman–Crippen MR) is 70.0 cm³/mol. The lowest BCUT2D eigenvalue weighted by Gasteiger charge is -2.09. The van der Waals surface area contributed by atoms with Gasteiger partial charge in [0.05, 0.1) is 22.9 Å². The van der Waals surface area contributed by atoms with Crippen LogP contribution in [0.25, 0.3) is 0 Å². The summed E-state index contributed by atoms with van der Waals surface area (Å²) < 4.78 is 26.8. The maximum absolute atomic E-state index is 12.2. The van der Waals surface area contributed by atoms with Crippen molar-refractivity contribution in [1.29, 1.82) is 0 Å². The Balaban J connectivity index is 2.37. The molecular weight excluding hydrogens is 272 g/mol. The third kappa shape index (κ3) is 2.53. The van der Waals surface area contributed by atoms with Crippen LogP contribution in [0, 0.1) is 6.92 Å². The molecule has 2 rings (SSSR count). The van der Waals surface area contributed by atoms with Crippen LogP contribution in [0.1, 0.15) is 10.6 Å². The molecule has 18 heavy (non-hydrogen) atoms. The second-order valence-electron chi connectivity index (χ2n) is 3.61. The van der Waals surface area contributed by atoms with Crippen LogP contribution in [0.2, 0.25) is 0 Å². The maximum Gasteiger partial charge on any atom is 0.263 e. The molecular formula is C11H12N2O3S2. The van der Waals surface area contributed by atoms with Gasteiger partial charge < -0.3 is 5.11 Å². The highest BCUT2D eigenvalue weighted by molar-refractivity contribution is 7.93. The lowest BCUT2D eigenvalue weighted by molar-refractivity contribution is 0.282. The van der Waals surface area contributed by atoms with E-state index in [4.69, 9.17) is 5.11 Å². The van der Waals surface area contributed by atoms with Crippen LogP contribution in [0.3, 0.4) is 0 Å². The van der Waals surface area contributed by atoms with E-state index in [0.29, 0.717) is 16.3 Å². The van der Waals surface area contributed by atoms with E-state index in [1.807, 2.05) is 0 Å². The second kappa shape index (κ2) is 5.05. The summed E-state index contributed by atoms with van der Waals surface area (Å²) in [5.74, 6) is 0. The third-order valence-corrected chi connectivity index (χ3v) is 4.87. The van der Waals surface area contributed by atoms with Crippen molar-refractivity contribution < 1.29 is 13.5 Å². The van der Waals surface area contributed by atoms with E-state index in [-0.39, 0.29) is 11.5 Å². The van der Waals surface area contributed by atoms with Gasteiger partial charge in [-0.2, -0.15) is 0 Å². The van der Waals surface area contributed by atoms with E-state index < -0.39 is 10.0 Å². The minimum atomic E-state index is -3.67. The molecule has 0 spiro atoms. The molecule has 0 aliphatic rings. The van der Waals surface area contributed by atoms with Gasteiger partial charge in [0.25, 0.3) is 10.0 Å². The monoisotopic (exact) mass is 284 g/mol. The van der Waals surface area contributed by atoms with Crippen molar-refractivity contribution in [3.05, 3.63) is 40.3 Å². The number of thiophene rings is 1.